The van der Waals surface area contributed by atoms with Gasteiger partial charge in [0.1, 0.15) is 5.75 Å². The van der Waals surface area contributed by atoms with Crippen molar-refractivity contribution in [3.05, 3.63) is 65.6 Å². The molecule has 2 aromatic rings. The highest BCUT2D eigenvalue weighted by molar-refractivity contribution is 8.02. The van der Waals surface area contributed by atoms with Crippen LogP contribution in [0.4, 0.5) is 0 Å². The van der Waals surface area contributed by atoms with Crippen LogP contribution in [0.5, 0.6) is 5.75 Å². The van der Waals surface area contributed by atoms with Crippen LogP contribution in [0.25, 0.3) is 6.08 Å². The third-order valence-corrected chi connectivity index (χ3v) is 3.10. The van der Waals surface area contributed by atoms with Gasteiger partial charge >= 0.3 is 0 Å². The zero-order valence-electron chi connectivity index (χ0n) is 9.67. The van der Waals surface area contributed by atoms with E-state index in [4.69, 9.17) is 4.74 Å². The molecular weight excluding hydrogens is 228 g/mol. The van der Waals surface area contributed by atoms with E-state index in [1.54, 1.807) is 18.9 Å². The van der Waals surface area contributed by atoms with Crippen LogP contribution in [0.15, 0.2) is 64.9 Å². The maximum atomic E-state index is 5.18. The fraction of sp³-hybridized carbons (Fsp3) is 0.0667. The average molecular weight is 242 g/mol. The van der Waals surface area contributed by atoms with Crippen LogP contribution in [-0.2, 0) is 0 Å². The van der Waals surface area contributed by atoms with Crippen molar-refractivity contribution in [2.75, 3.05) is 7.11 Å². The van der Waals surface area contributed by atoms with E-state index < -0.39 is 0 Å². The van der Waals surface area contributed by atoms with Gasteiger partial charge in [-0.2, -0.15) is 0 Å². The molecule has 0 fully saturated rings. The van der Waals surface area contributed by atoms with Crippen molar-refractivity contribution in [1.82, 2.24) is 0 Å². The number of rotatable bonds is 4. The van der Waals surface area contributed by atoms with Crippen LogP contribution in [-0.4, -0.2) is 7.11 Å². The number of thioether (sulfide) groups is 1. The standard InChI is InChI=1S/C15H14OS/c1-16-14-8-5-9-15(12-14)17-11-10-13-6-3-2-4-7-13/h2-12H,1H3/b11-10+. The summed E-state index contributed by atoms with van der Waals surface area (Å²) < 4.78 is 5.18. The number of benzene rings is 2. The molecule has 2 rings (SSSR count). The quantitative estimate of drug-likeness (QED) is 0.732. The van der Waals surface area contributed by atoms with Crippen LogP contribution in [0.1, 0.15) is 5.56 Å². The Morgan fingerprint density at radius 2 is 1.82 bits per heavy atom. The molecule has 86 valence electrons. The first kappa shape index (κ1) is 11.8. The molecular formula is C15H14OS. The maximum absolute atomic E-state index is 5.18. The lowest BCUT2D eigenvalue weighted by atomic mass is 10.2. The van der Waals surface area contributed by atoms with Gasteiger partial charge in [-0.25, -0.2) is 0 Å². The Bertz CT molecular complexity index is 491. The highest BCUT2D eigenvalue weighted by atomic mass is 32.2. The summed E-state index contributed by atoms with van der Waals surface area (Å²) in [7, 11) is 1.68. The Balaban J connectivity index is 2.00. The van der Waals surface area contributed by atoms with Gasteiger partial charge in [0.15, 0.2) is 0 Å². The first-order valence-electron chi connectivity index (χ1n) is 5.41. The predicted octanol–water partition coefficient (Wildman–Crippen LogP) is 4.46. The topological polar surface area (TPSA) is 9.23 Å². The number of ether oxygens (including phenoxy) is 1. The molecule has 0 saturated carbocycles. The van der Waals surface area contributed by atoms with Crippen LogP contribution in [0, 0.1) is 0 Å². The molecule has 17 heavy (non-hydrogen) atoms. The third kappa shape index (κ3) is 3.68. The molecule has 0 saturated heterocycles. The van der Waals surface area contributed by atoms with Gasteiger partial charge < -0.3 is 4.74 Å². The van der Waals surface area contributed by atoms with Crippen molar-refractivity contribution in [1.29, 1.82) is 0 Å². The predicted molar refractivity (Wildman–Crippen MR) is 74.3 cm³/mol. The molecule has 0 aliphatic carbocycles. The van der Waals surface area contributed by atoms with Gasteiger partial charge in [0.25, 0.3) is 0 Å². The first-order valence-corrected chi connectivity index (χ1v) is 6.29. The Morgan fingerprint density at radius 3 is 2.59 bits per heavy atom. The summed E-state index contributed by atoms with van der Waals surface area (Å²) in [6.45, 7) is 0. The Kier molecular flexibility index (Phi) is 4.28. The van der Waals surface area contributed by atoms with Gasteiger partial charge in [-0.05, 0) is 35.2 Å². The van der Waals surface area contributed by atoms with E-state index >= 15 is 0 Å². The van der Waals surface area contributed by atoms with E-state index in [2.05, 4.69) is 29.7 Å². The molecule has 0 aromatic heterocycles. The fourth-order valence-corrected chi connectivity index (χ4v) is 2.15. The second-order valence-corrected chi connectivity index (χ2v) is 4.49. The van der Waals surface area contributed by atoms with Gasteiger partial charge in [-0.3, -0.25) is 0 Å². The normalized spacial score (nSPS) is 10.6. The molecule has 1 nitrogen and oxygen atoms in total. The lowest BCUT2D eigenvalue weighted by Gasteiger charge is -2.01. The van der Waals surface area contributed by atoms with Gasteiger partial charge in [0.2, 0.25) is 0 Å². The average Bonchev–Trinajstić information content (AvgIpc) is 2.40. The summed E-state index contributed by atoms with van der Waals surface area (Å²) in [5.41, 5.74) is 1.21. The van der Waals surface area contributed by atoms with Crippen LogP contribution < -0.4 is 4.74 Å². The van der Waals surface area contributed by atoms with Gasteiger partial charge in [-0.1, -0.05) is 48.2 Å². The zero-order valence-corrected chi connectivity index (χ0v) is 10.5. The smallest absolute Gasteiger partial charge is 0.119 e. The minimum absolute atomic E-state index is 0.892. The largest absolute Gasteiger partial charge is 0.497 e. The lowest BCUT2D eigenvalue weighted by Crippen LogP contribution is -1.81. The highest BCUT2D eigenvalue weighted by Gasteiger charge is 1.93. The van der Waals surface area contributed by atoms with Gasteiger partial charge in [-0.15, -0.1) is 0 Å². The summed E-state index contributed by atoms with van der Waals surface area (Å²) in [6.07, 6.45) is 2.10. The molecule has 0 unspecified atom stereocenters. The summed E-state index contributed by atoms with van der Waals surface area (Å²) >= 11 is 1.68. The summed E-state index contributed by atoms with van der Waals surface area (Å²) in [5.74, 6) is 0.892. The van der Waals surface area contributed by atoms with E-state index in [0.29, 0.717) is 0 Å². The molecule has 0 amide bonds. The molecule has 2 heteroatoms. The first-order chi connectivity index (χ1) is 8.38. The van der Waals surface area contributed by atoms with E-state index in [0.717, 1.165) is 5.75 Å². The van der Waals surface area contributed by atoms with Crippen LogP contribution >= 0.6 is 11.8 Å². The molecule has 0 aliphatic heterocycles. The SMILES string of the molecule is COc1cccc(S/C=C/c2ccccc2)c1. The number of methoxy groups -OCH3 is 1. The van der Waals surface area contributed by atoms with Crippen molar-refractivity contribution in [2.24, 2.45) is 0 Å². The van der Waals surface area contributed by atoms with E-state index in [1.807, 2.05) is 36.4 Å². The lowest BCUT2D eigenvalue weighted by molar-refractivity contribution is 0.413. The minimum atomic E-state index is 0.892. The Labute approximate surface area is 106 Å². The Morgan fingerprint density at radius 1 is 1.00 bits per heavy atom. The molecule has 0 heterocycles. The van der Waals surface area contributed by atoms with E-state index in [-0.39, 0.29) is 0 Å². The minimum Gasteiger partial charge on any atom is -0.497 e. The second kappa shape index (κ2) is 6.16. The molecule has 0 spiro atoms. The van der Waals surface area contributed by atoms with Crippen LogP contribution in [0.2, 0.25) is 0 Å². The number of hydrogen-bond donors (Lipinski definition) is 0. The summed E-state index contributed by atoms with van der Waals surface area (Å²) in [6, 6.07) is 18.3. The van der Waals surface area contributed by atoms with Gasteiger partial charge in [0.05, 0.1) is 7.11 Å². The maximum Gasteiger partial charge on any atom is 0.119 e. The summed E-state index contributed by atoms with van der Waals surface area (Å²) in [5, 5.41) is 2.09. The molecule has 2 aromatic carbocycles. The van der Waals surface area contributed by atoms with Crippen LogP contribution in [0.3, 0.4) is 0 Å². The van der Waals surface area contributed by atoms with Crippen molar-refractivity contribution >= 4 is 17.8 Å². The second-order valence-electron chi connectivity index (χ2n) is 3.51. The number of hydrogen-bond acceptors (Lipinski definition) is 2. The molecule has 0 radical (unpaired) electrons. The highest BCUT2D eigenvalue weighted by Crippen LogP contribution is 2.24. The molecule has 0 aliphatic rings. The molecule has 0 N–H and O–H groups in total. The summed E-state index contributed by atoms with van der Waals surface area (Å²) in [4.78, 5) is 1.18. The van der Waals surface area contributed by atoms with Crippen molar-refractivity contribution < 1.29 is 4.74 Å². The van der Waals surface area contributed by atoms with Crippen molar-refractivity contribution in [2.45, 2.75) is 4.90 Å². The molecule has 0 bridgehead atoms. The molecule has 0 atom stereocenters. The van der Waals surface area contributed by atoms with Crippen molar-refractivity contribution in [3.63, 3.8) is 0 Å². The Hall–Kier alpha value is -1.67. The van der Waals surface area contributed by atoms with Gasteiger partial charge in [0, 0.05) is 4.90 Å². The third-order valence-electron chi connectivity index (χ3n) is 2.31. The monoisotopic (exact) mass is 242 g/mol. The van der Waals surface area contributed by atoms with E-state index in [1.165, 1.54) is 10.5 Å². The van der Waals surface area contributed by atoms with E-state index in [9.17, 15) is 0 Å². The zero-order chi connectivity index (χ0) is 11.9. The van der Waals surface area contributed by atoms with Crippen molar-refractivity contribution in [3.8, 4) is 5.75 Å². The fourth-order valence-electron chi connectivity index (χ4n) is 1.43.